The molecule has 0 spiro atoms. The Balaban J connectivity index is 1.44. The normalized spacial score (nSPS) is 20.1. The van der Waals surface area contributed by atoms with Gasteiger partial charge in [0.15, 0.2) is 5.78 Å². The number of hydrogen-bond donors (Lipinski definition) is 1. The number of carbonyl (C=O) groups is 4. The lowest BCUT2D eigenvalue weighted by Gasteiger charge is -2.28. The zero-order valence-corrected chi connectivity index (χ0v) is 22.1. The second-order valence-corrected chi connectivity index (χ2v) is 11.0. The number of hydrogen-bond acceptors (Lipinski definition) is 5. The Morgan fingerprint density at radius 2 is 1.84 bits per heavy atom. The van der Waals surface area contributed by atoms with Crippen molar-refractivity contribution >= 4 is 23.5 Å². The number of ketones is 1. The lowest BCUT2D eigenvalue weighted by atomic mass is 9.86. The number of rotatable bonds is 7. The molecule has 4 rings (SSSR count). The molecule has 8 heteroatoms. The van der Waals surface area contributed by atoms with E-state index in [1.54, 1.807) is 40.4 Å². The molecule has 0 radical (unpaired) electrons. The summed E-state index contributed by atoms with van der Waals surface area (Å²) in [6.07, 6.45) is 5.17. The molecule has 0 bridgehead atoms. The Hall–Kier alpha value is -3.55. The fourth-order valence-corrected chi connectivity index (χ4v) is 5.28. The maximum absolute atomic E-state index is 13.6. The molecule has 3 heterocycles. The highest BCUT2D eigenvalue weighted by molar-refractivity contribution is 6.01. The largest absolute Gasteiger partial charge is 0.340 e. The number of fused-ring (bicyclic) bond motifs is 1. The van der Waals surface area contributed by atoms with Gasteiger partial charge in [-0.3, -0.25) is 24.2 Å². The van der Waals surface area contributed by atoms with Gasteiger partial charge < -0.3 is 15.1 Å². The van der Waals surface area contributed by atoms with Crippen LogP contribution in [0.4, 0.5) is 0 Å². The number of pyridine rings is 1. The first-order valence-electron chi connectivity index (χ1n) is 13.0. The van der Waals surface area contributed by atoms with E-state index in [1.807, 2.05) is 25.1 Å². The molecule has 1 aromatic heterocycles. The molecule has 0 aliphatic carbocycles. The molecule has 3 atom stereocenters. The lowest BCUT2D eigenvalue weighted by Crippen LogP contribution is -2.52. The van der Waals surface area contributed by atoms with Gasteiger partial charge in [0, 0.05) is 24.5 Å². The van der Waals surface area contributed by atoms with Gasteiger partial charge in [-0.25, -0.2) is 0 Å². The predicted octanol–water partition coefficient (Wildman–Crippen LogP) is 2.90. The van der Waals surface area contributed by atoms with Crippen molar-refractivity contribution < 1.29 is 19.2 Å². The standard InChI is InChI=1S/C29H36N4O4/c1-5-7-22(31-27(36)20-9-11-21(12-10-20)29(2,3)4)28(37)32-15-13-23-26(32)24(34)18-33(23)25(35)16-19-8-6-14-30-17-19/h6,8-12,14,17,22-23,26H,5,7,13,15-16,18H2,1-4H3,(H,31,36). The molecule has 2 aliphatic heterocycles. The highest BCUT2D eigenvalue weighted by Crippen LogP contribution is 2.31. The van der Waals surface area contributed by atoms with Crippen molar-refractivity contribution in [1.29, 1.82) is 0 Å². The van der Waals surface area contributed by atoms with Crippen LogP contribution in [0, 0.1) is 0 Å². The molecular formula is C29H36N4O4. The molecule has 2 saturated heterocycles. The predicted molar refractivity (Wildman–Crippen MR) is 140 cm³/mol. The molecule has 196 valence electrons. The van der Waals surface area contributed by atoms with Gasteiger partial charge in [0.1, 0.15) is 12.1 Å². The van der Waals surface area contributed by atoms with E-state index in [4.69, 9.17) is 0 Å². The number of amides is 3. The molecule has 2 aromatic rings. The van der Waals surface area contributed by atoms with E-state index in [2.05, 4.69) is 31.1 Å². The zero-order valence-electron chi connectivity index (χ0n) is 22.1. The van der Waals surface area contributed by atoms with Crippen LogP contribution in [0.3, 0.4) is 0 Å². The van der Waals surface area contributed by atoms with Crippen LogP contribution in [0.15, 0.2) is 48.8 Å². The lowest BCUT2D eigenvalue weighted by molar-refractivity contribution is -0.138. The summed E-state index contributed by atoms with van der Waals surface area (Å²) in [4.78, 5) is 59.8. The van der Waals surface area contributed by atoms with Crippen LogP contribution in [-0.2, 0) is 26.2 Å². The van der Waals surface area contributed by atoms with Crippen molar-refractivity contribution in [2.75, 3.05) is 13.1 Å². The average Bonchev–Trinajstić information content (AvgIpc) is 3.45. The Morgan fingerprint density at radius 3 is 2.46 bits per heavy atom. The summed E-state index contributed by atoms with van der Waals surface area (Å²) in [5, 5.41) is 2.90. The molecule has 0 saturated carbocycles. The smallest absolute Gasteiger partial charge is 0.251 e. The van der Waals surface area contributed by atoms with Gasteiger partial charge in [-0.2, -0.15) is 0 Å². The van der Waals surface area contributed by atoms with Crippen molar-refractivity contribution in [2.45, 2.75) is 76.9 Å². The molecule has 2 fully saturated rings. The minimum Gasteiger partial charge on any atom is -0.340 e. The van der Waals surface area contributed by atoms with Gasteiger partial charge in [0.05, 0.1) is 19.0 Å². The summed E-state index contributed by atoms with van der Waals surface area (Å²) in [7, 11) is 0. The summed E-state index contributed by atoms with van der Waals surface area (Å²) in [5.74, 6) is -0.840. The van der Waals surface area contributed by atoms with Gasteiger partial charge in [0.2, 0.25) is 11.8 Å². The first kappa shape index (κ1) is 26.5. The highest BCUT2D eigenvalue weighted by atomic mass is 16.2. The van der Waals surface area contributed by atoms with Gasteiger partial charge in [-0.1, -0.05) is 52.3 Å². The van der Waals surface area contributed by atoms with Gasteiger partial charge in [-0.15, -0.1) is 0 Å². The average molecular weight is 505 g/mol. The quantitative estimate of drug-likeness (QED) is 0.625. The molecule has 1 aromatic carbocycles. The first-order valence-corrected chi connectivity index (χ1v) is 13.0. The second kappa shape index (κ2) is 10.8. The Bertz CT molecular complexity index is 1160. The van der Waals surface area contributed by atoms with Crippen LogP contribution < -0.4 is 5.32 Å². The maximum Gasteiger partial charge on any atom is 0.251 e. The van der Waals surface area contributed by atoms with Crippen molar-refractivity contribution in [3.8, 4) is 0 Å². The molecule has 2 aliphatic rings. The summed E-state index contributed by atoms with van der Waals surface area (Å²) in [6, 6.07) is 9.32. The van der Waals surface area contributed by atoms with E-state index in [0.717, 1.165) is 11.1 Å². The van der Waals surface area contributed by atoms with Gasteiger partial charge in [-0.05, 0) is 47.6 Å². The third-order valence-electron chi connectivity index (χ3n) is 7.30. The summed E-state index contributed by atoms with van der Waals surface area (Å²) in [5.41, 5.74) is 2.37. The molecule has 1 N–H and O–H groups in total. The summed E-state index contributed by atoms with van der Waals surface area (Å²) in [6.45, 7) is 8.67. The molecule has 37 heavy (non-hydrogen) atoms. The van der Waals surface area contributed by atoms with Gasteiger partial charge >= 0.3 is 0 Å². The maximum atomic E-state index is 13.6. The van der Waals surface area contributed by atoms with Crippen molar-refractivity contribution in [3.63, 3.8) is 0 Å². The van der Waals surface area contributed by atoms with Crippen LogP contribution in [0.25, 0.3) is 0 Å². The number of nitrogens with one attached hydrogen (secondary N) is 1. The fraction of sp³-hybridized carbons (Fsp3) is 0.483. The molecule has 3 unspecified atom stereocenters. The van der Waals surface area contributed by atoms with Crippen LogP contribution in [0.1, 0.15) is 68.4 Å². The van der Waals surface area contributed by atoms with Crippen molar-refractivity contribution in [3.05, 3.63) is 65.5 Å². The van der Waals surface area contributed by atoms with E-state index in [1.165, 1.54) is 0 Å². The summed E-state index contributed by atoms with van der Waals surface area (Å²) >= 11 is 0. The highest BCUT2D eigenvalue weighted by Gasteiger charge is 2.52. The Labute approximate surface area is 218 Å². The summed E-state index contributed by atoms with van der Waals surface area (Å²) < 4.78 is 0. The Morgan fingerprint density at radius 1 is 1.11 bits per heavy atom. The second-order valence-electron chi connectivity index (χ2n) is 11.0. The SMILES string of the molecule is CCCC(NC(=O)c1ccc(C(C)(C)C)cc1)C(=O)N1CCC2C1C(=O)CN2C(=O)Cc1cccnc1. The van der Waals surface area contributed by atoms with Crippen molar-refractivity contribution in [2.24, 2.45) is 0 Å². The molecule has 3 amide bonds. The van der Waals surface area contributed by atoms with E-state index >= 15 is 0 Å². The number of carbonyl (C=O) groups excluding carboxylic acids is 4. The van der Waals surface area contributed by atoms with E-state index in [9.17, 15) is 19.2 Å². The Kier molecular flexibility index (Phi) is 7.76. The van der Waals surface area contributed by atoms with Crippen LogP contribution in [0.5, 0.6) is 0 Å². The monoisotopic (exact) mass is 504 g/mol. The molecular weight excluding hydrogens is 468 g/mol. The zero-order chi connectivity index (χ0) is 26.7. The number of nitrogens with zero attached hydrogens (tertiary/aromatic N) is 3. The number of Topliss-reactive ketones (excluding diaryl/α,β-unsaturated/α-hetero) is 1. The van der Waals surface area contributed by atoms with Gasteiger partial charge in [0.25, 0.3) is 5.91 Å². The number of benzene rings is 1. The first-order chi connectivity index (χ1) is 17.6. The number of aromatic nitrogens is 1. The number of likely N-dealkylation sites (tertiary alicyclic amines) is 2. The van der Waals surface area contributed by atoms with E-state index in [-0.39, 0.29) is 47.9 Å². The van der Waals surface area contributed by atoms with E-state index < -0.39 is 12.1 Å². The van der Waals surface area contributed by atoms with Crippen LogP contribution in [-0.4, -0.2) is 69.5 Å². The van der Waals surface area contributed by atoms with E-state index in [0.29, 0.717) is 31.4 Å². The van der Waals surface area contributed by atoms with Crippen molar-refractivity contribution in [1.82, 2.24) is 20.1 Å². The van der Waals surface area contributed by atoms with Crippen LogP contribution in [0.2, 0.25) is 0 Å². The third-order valence-corrected chi connectivity index (χ3v) is 7.30. The minimum atomic E-state index is -0.730. The topological polar surface area (TPSA) is 99.7 Å². The van der Waals surface area contributed by atoms with Crippen LogP contribution >= 0.6 is 0 Å². The molecule has 8 nitrogen and oxygen atoms in total. The fourth-order valence-electron chi connectivity index (χ4n) is 5.28. The third kappa shape index (κ3) is 5.73. The minimum absolute atomic E-state index is 0.00311.